The molecule has 0 spiro atoms. The molecule has 7 nitrogen and oxygen atoms in total. The van der Waals surface area contributed by atoms with Gasteiger partial charge in [0.2, 0.25) is 0 Å². The fourth-order valence-corrected chi connectivity index (χ4v) is 2.20. The molecule has 0 fully saturated rings. The number of aromatic nitrogens is 4. The molecule has 3 rings (SSSR count). The highest BCUT2D eigenvalue weighted by atomic mass is 16.2. The van der Waals surface area contributed by atoms with Crippen LogP contribution in [-0.2, 0) is 6.54 Å². The van der Waals surface area contributed by atoms with E-state index in [1.807, 2.05) is 6.07 Å². The quantitative estimate of drug-likeness (QED) is 0.787. The van der Waals surface area contributed by atoms with Crippen LogP contribution >= 0.6 is 0 Å². The van der Waals surface area contributed by atoms with Crippen LogP contribution in [0.4, 0.5) is 0 Å². The normalized spacial score (nSPS) is 10.7. The first kappa shape index (κ1) is 14.8. The van der Waals surface area contributed by atoms with Crippen LogP contribution in [0.3, 0.4) is 0 Å². The van der Waals surface area contributed by atoms with Gasteiger partial charge >= 0.3 is 0 Å². The molecule has 0 aliphatic heterocycles. The van der Waals surface area contributed by atoms with Gasteiger partial charge in [-0.25, -0.2) is 9.97 Å². The summed E-state index contributed by atoms with van der Waals surface area (Å²) >= 11 is 0. The van der Waals surface area contributed by atoms with Gasteiger partial charge in [-0.15, -0.1) is 0 Å². The first-order valence-electron chi connectivity index (χ1n) is 7.06. The van der Waals surface area contributed by atoms with Crippen LogP contribution in [0.25, 0.3) is 10.9 Å². The topological polar surface area (TPSA) is 91.8 Å². The Morgan fingerprint density at radius 1 is 1.22 bits per heavy atom. The van der Waals surface area contributed by atoms with Gasteiger partial charge in [-0.05, 0) is 19.1 Å². The van der Waals surface area contributed by atoms with Gasteiger partial charge in [-0.2, -0.15) is 0 Å². The van der Waals surface area contributed by atoms with Crippen LogP contribution in [0.15, 0.2) is 41.5 Å². The summed E-state index contributed by atoms with van der Waals surface area (Å²) in [7, 11) is 1.62. The number of benzene rings is 1. The molecule has 1 aromatic carbocycles. The Labute approximate surface area is 132 Å². The van der Waals surface area contributed by atoms with Crippen molar-refractivity contribution in [3.05, 3.63) is 64.2 Å². The third-order valence-electron chi connectivity index (χ3n) is 3.40. The molecule has 2 aromatic heterocycles. The fourth-order valence-electron chi connectivity index (χ4n) is 2.20. The average molecular weight is 309 g/mol. The molecule has 0 aliphatic rings. The van der Waals surface area contributed by atoms with Crippen molar-refractivity contribution in [3.8, 4) is 0 Å². The van der Waals surface area contributed by atoms with Crippen molar-refractivity contribution >= 4 is 16.8 Å². The van der Waals surface area contributed by atoms with Crippen LogP contribution in [0, 0.1) is 6.92 Å². The average Bonchev–Trinajstić information content (AvgIpc) is 2.55. The van der Waals surface area contributed by atoms with Gasteiger partial charge in [0.05, 0.1) is 29.3 Å². The summed E-state index contributed by atoms with van der Waals surface area (Å²) in [5.41, 5.74) is 1.37. The van der Waals surface area contributed by atoms with E-state index in [0.29, 0.717) is 16.7 Å². The number of para-hydroxylation sites is 1. The summed E-state index contributed by atoms with van der Waals surface area (Å²) in [4.78, 5) is 41.0. The fraction of sp³-hybridized carbons (Fsp3) is 0.188. The predicted octanol–water partition coefficient (Wildman–Crippen LogP) is 1.29. The van der Waals surface area contributed by atoms with Crippen LogP contribution in [0.5, 0.6) is 0 Å². The van der Waals surface area contributed by atoms with Gasteiger partial charge in [-0.1, -0.05) is 12.1 Å². The van der Waals surface area contributed by atoms with E-state index in [4.69, 9.17) is 0 Å². The van der Waals surface area contributed by atoms with Gasteiger partial charge in [0, 0.05) is 13.2 Å². The highest BCUT2D eigenvalue weighted by molar-refractivity contribution is 5.91. The number of rotatable bonds is 3. The van der Waals surface area contributed by atoms with Gasteiger partial charge in [0.1, 0.15) is 11.5 Å². The Hall–Kier alpha value is -3.09. The summed E-state index contributed by atoms with van der Waals surface area (Å²) in [5, 5.41) is 0.523. The summed E-state index contributed by atoms with van der Waals surface area (Å²) < 4.78 is 0. The second-order valence-corrected chi connectivity index (χ2v) is 5.23. The minimum Gasteiger partial charge on any atom is -0.333 e. The van der Waals surface area contributed by atoms with Crippen molar-refractivity contribution < 1.29 is 4.79 Å². The Kier molecular flexibility index (Phi) is 3.84. The Morgan fingerprint density at radius 3 is 2.74 bits per heavy atom. The van der Waals surface area contributed by atoms with E-state index in [-0.39, 0.29) is 23.7 Å². The minimum atomic E-state index is -0.284. The molecule has 3 aromatic rings. The summed E-state index contributed by atoms with van der Waals surface area (Å²) in [6.07, 6.45) is 2.97. The Bertz CT molecular complexity index is 918. The van der Waals surface area contributed by atoms with Gasteiger partial charge in [0.15, 0.2) is 0 Å². The molecule has 0 aliphatic carbocycles. The molecule has 2 heterocycles. The second-order valence-electron chi connectivity index (χ2n) is 5.23. The number of nitrogens with one attached hydrogen (secondary N) is 1. The zero-order valence-corrected chi connectivity index (χ0v) is 12.8. The standard InChI is InChI=1S/C16H15N5O2/c1-10-7-18-13(8-17-10)16(23)21(2)9-14-19-12-6-4-3-5-11(12)15(22)20-14/h3-8H,9H2,1-2H3,(H,19,20,22). The summed E-state index contributed by atoms with van der Waals surface area (Å²) in [6, 6.07) is 7.07. The van der Waals surface area contributed by atoms with Gasteiger partial charge in [-0.3, -0.25) is 14.6 Å². The molecule has 0 atom stereocenters. The van der Waals surface area contributed by atoms with Crippen LogP contribution in [0.2, 0.25) is 0 Å². The number of aromatic amines is 1. The lowest BCUT2D eigenvalue weighted by atomic mass is 10.2. The van der Waals surface area contributed by atoms with Crippen molar-refractivity contribution in [1.82, 2.24) is 24.8 Å². The first-order valence-corrected chi connectivity index (χ1v) is 7.06. The van der Waals surface area contributed by atoms with E-state index < -0.39 is 0 Å². The molecule has 23 heavy (non-hydrogen) atoms. The maximum absolute atomic E-state index is 12.3. The number of hydrogen-bond donors (Lipinski definition) is 1. The molecule has 1 N–H and O–H groups in total. The van der Waals surface area contributed by atoms with Crippen LogP contribution in [0.1, 0.15) is 22.0 Å². The number of carbonyl (C=O) groups is 1. The van der Waals surface area contributed by atoms with Gasteiger partial charge < -0.3 is 9.88 Å². The molecule has 0 radical (unpaired) electrons. The molecule has 1 amide bonds. The van der Waals surface area contributed by atoms with E-state index >= 15 is 0 Å². The number of amides is 1. The zero-order valence-electron chi connectivity index (χ0n) is 12.8. The molecule has 0 bridgehead atoms. The number of aryl methyl sites for hydroxylation is 1. The largest absolute Gasteiger partial charge is 0.333 e. The Balaban J connectivity index is 1.85. The smallest absolute Gasteiger partial charge is 0.274 e. The molecule has 0 saturated carbocycles. The van der Waals surface area contributed by atoms with Crippen LogP contribution < -0.4 is 5.56 Å². The number of nitrogens with zero attached hydrogens (tertiary/aromatic N) is 4. The third-order valence-corrected chi connectivity index (χ3v) is 3.40. The number of carbonyl (C=O) groups excluding carboxylic acids is 1. The monoisotopic (exact) mass is 309 g/mol. The van der Waals surface area contributed by atoms with E-state index in [2.05, 4.69) is 19.9 Å². The number of fused-ring (bicyclic) bond motifs is 1. The lowest BCUT2D eigenvalue weighted by Gasteiger charge is -2.16. The molecule has 0 unspecified atom stereocenters. The van der Waals surface area contributed by atoms with Crippen molar-refractivity contribution in [2.24, 2.45) is 0 Å². The van der Waals surface area contributed by atoms with E-state index in [1.54, 1.807) is 32.2 Å². The van der Waals surface area contributed by atoms with Gasteiger partial charge in [0.25, 0.3) is 11.5 Å². The highest BCUT2D eigenvalue weighted by Crippen LogP contribution is 2.08. The highest BCUT2D eigenvalue weighted by Gasteiger charge is 2.15. The minimum absolute atomic E-state index is 0.175. The lowest BCUT2D eigenvalue weighted by Crippen LogP contribution is -2.29. The van der Waals surface area contributed by atoms with Crippen LogP contribution in [-0.4, -0.2) is 37.8 Å². The lowest BCUT2D eigenvalue weighted by molar-refractivity contribution is 0.0775. The van der Waals surface area contributed by atoms with Crippen molar-refractivity contribution in [1.29, 1.82) is 0 Å². The second kappa shape index (κ2) is 5.96. The molecule has 0 saturated heterocycles. The molecular weight excluding hydrogens is 294 g/mol. The van der Waals surface area contributed by atoms with E-state index in [9.17, 15) is 9.59 Å². The first-order chi connectivity index (χ1) is 11.0. The SMILES string of the molecule is Cc1cnc(C(=O)N(C)Cc2nc3ccccc3c(=O)[nH]2)cn1. The van der Waals surface area contributed by atoms with E-state index in [1.165, 1.54) is 17.3 Å². The molecule has 7 heteroatoms. The number of H-pyrrole nitrogens is 1. The summed E-state index contributed by atoms with van der Waals surface area (Å²) in [5.74, 6) is 0.137. The zero-order chi connectivity index (χ0) is 16.4. The van der Waals surface area contributed by atoms with Crippen molar-refractivity contribution in [2.45, 2.75) is 13.5 Å². The third kappa shape index (κ3) is 3.08. The van der Waals surface area contributed by atoms with E-state index in [0.717, 1.165) is 5.69 Å². The predicted molar refractivity (Wildman–Crippen MR) is 84.9 cm³/mol. The van der Waals surface area contributed by atoms with Crippen molar-refractivity contribution in [3.63, 3.8) is 0 Å². The molecule has 116 valence electrons. The summed E-state index contributed by atoms with van der Waals surface area (Å²) in [6.45, 7) is 1.98. The van der Waals surface area contributed by atoms with Crippen molar-refractivity contribution in [2.75, 3.05) is 7.05 Å². The molecular formula is C16H15N5O2. The Morgan fingerprint density at radius 2 is 2.00 bits per heavy atom. The number of hydrogen-bond acceptors (Lipinski definition) is 5. The maximum atomic E-state index is 12.3. The maximum Gasteiger partial charge on any atom is 0.274 e.